The average molecular weight is 271 g/mol. The summed E-state index contributed by atoms with van der Waals surface area (Å²) in [5.41, 5.74) is 6.81. The van der Waals surface area contributed by atoms with Gasteiger partial charge in [0.25, 0.3) is 0 Å². The number of pyridine rings is 1. The van der Waals surface area contributed by atoms with E-state index in [1.54, 1.807) is 0 Å². The van der Waals surface area contributed by atoms with Gasteiger partial charge in [0.05, 0.1) is 5.03 Å². The molecule has 1 heterocycles. The second kappa shape index (κ2) is 5.80. The van der Waals surface area contributed by atoms with Crippen molar-refractivity contribution in [3.05, 3.63) is 53.7 Å². The maximum Gasteiger partial charge on any atom is 0.126 e. The number of hydrogen-bond acceptors (Lipinski definition) is 4. The summed E-state index contributed by atoms with van der Waals surface area (Å²) in [6.07, 6.45) is 3.92. The lowest BCUT2D eigenvalue weighted by Gasteiger charge is -2.08. The van der Waals surface area contributed by atoms with Gasteiger partial charge in [-0.15, -0.1) is 0 Å². The summed E-state index contributed by atoms with van der Waals surface area (Å²) in [6, 6.07) is 8.33. The van der Waals surface area contributed by atoms with Crippen molar-refractivity contribution in [1.29, 1.82) is 0 Å². The van der Waals surface area contributed by atoms with Crippen LogP contribution in [0.2, 0.25) is 0 Å². The van der Waals surface area contributed by atoms with Gasteiger partial charge in [0.15, 0.2) is 0 Å². The molecule has 3 nitrogen and oxygen atoms in total. The number of benzene rings is 1. The third-order valence-electron chi connectivity index (χ3n) is 2.77. The summed E-state index contributed by atoms with van der Waals surface area (Å²) in [5.74, 6) is 0.863. The van der Waals surface area contributed by atoms with Gasteiger partial charge in [-0.1, -0.05) is 36.5 Å². The van der Waals surface area contributed by atoms with E-state index in [0.717, 1.165) is 27.1 Å². The molecule has 0 unspecified atom stereocenters. The fourth-order valence-electron chi connectivity index (χ4n) is 1.86. The Morgan fingerprint density at radius 1 is 1.37 bits per heavy atom. The van der Waals surface area contributed by atoms with E-state index < -0.39 is 0 Å². The zero-order valence-corrected chi connectivity index (χ0v) is 11.9. The molecule has 1 aromatic heterocycles. The minimum absolute atomic E-state index is 0.596. The number of aromatic nitrogens is 1. The van der Waals surface area contributed by atoms with Crippen LogP contribution in [0.3, 0.4) is 0 Å². The monoisotopic (exact) mass is 271 g/mol. The van der Waals surface area contributed by atoms with Gasteiger partial charge in [0, 0.05) is 23.5 Å². The van der Waals surface area contributed by atoms with E-state index in [0.29, 0.717) is 5.03 Å². The third-order valence-corrected chi connectivity index (χ3v) is 3.72. The number of nitrogens with one attached hydrogen (secondary N) is 1. The maximum absolute atomic E-state index is 5.67. The third kappa shape index (κ3) is 3.09. The van der Waals surface area contributed by atoms with E-state index in [4.69, 9.17) is 5.73 Å². The number of thioether (sulfide) groups is 1. The molecular weight excluding hydrogens is 254 g/mol. The van der Waals surface area contributed by atoms with Crippen LogP contribution in [0, 0.1) is 0 Å². The van der Waals surface area contributed by atoms with E-state index in [2.05, 4.69) is 35.1 Å². The zero-order chi connectivity index (χ0) is 13.8. The van der Waals surface area contributed by atoms with Crippen LogP contribution >= 0.6 is 11.8 Å². The van der Waals surface area contributed by atoms with Crippen LogP contribution in [0.5, 0.6) is 0 Å². The molecule has 0 radical (unpaired) electrons. The van der Waals surface area contributed by atoms with Crippen LogP contribution in [0.15, 0.2) is 48.1 Å². The predicted octanol–water partition coefficient (Wildman–Crippen LogP) is 3.80. The Bertz CT molecular complexity index is 647. The molecule has 0 fully saturated rings. The highest BCUT2D eigenvalue weighted by Gasteiger charge is 2.04. The van der Waals surface area contributed by atoms with Crippen LogP contribution < -0.4 is 11.1 Å². The first-order valence-corrected chi connectivity index (χ1v) is 6.82. The maximum atomic E-state index is 5.67. The average Bonchev–Trinajstić information content (AvgIpc) is 2.43. The topological polar surface area (TPSA) is 50.9 Å². The minimum Gasteiger partial charge on any atom is -0.394 e. The fraction of sp³-hybridized carbons (Fsp3) is 0.133. The molecule has 0 saturated carbocycles. The molecule has 98 valence electrons. The first kappa shape index (κ1) is 13.5. The van der Waals surface area contributed by atoms with Crippen LogP contribution in [-0.2, 0) is 0 Å². The van der Waals surface area contributed by atoms with Crippen molar-refractivity contribution in [3.63, 3.8) is 0 Å². The van der Waals surface area contributed by atoms with Crippen LogP contribution in [0.25, 0.3) is 15.7 Å². The van der Waals surface area contributed by atoms with Gasteiger partial charge < -0.3 is 11.1 Å². The Balaban J connectivity index is 2.47. The molecule has 0 bridgehead atoms. The molecule has 0 saturated heterocycles. The molecule has 4 heteroatoms. The number of nitrogens with two attached hydrogens (primary N) is 1. The van der Waals surface area contributed by atoms with E-state index >= 15 is 0 Å². The molecule has 0 aliphatic carbocycles. The number of allylic oxidation sites excluding steroid dienone is 1. The van der Waals surface area contributed by atoms with Crippen molar-refractivity contribution in [2.45, 2.75) is 6.92 Å². The SMILES string of the molecule is C=C(N)S/C(=C\C)c1ccc2cnc(NC)cc2c1. The second-order valence-electron chi connectivity index (χ2n) is 4.10. The van der Waals surface area contributed by atoms with Crippen LogP contribution in [-0.4, -0.2) is 12.0 Å². The molecule has 2 rings (SSSR count). The predicted molar refractivity (Wildman–Crippen MR) is 85.9 cm³/mol. The fourth-order valence-corrected chi connectivity index (χ4v) is 2.50. The van der Waals surface area contributed by atoms with Crippen molar-refractivity contribution in [2.75, 3.05) is 12.4 Å². The smallest absolute Gasteiger partial charge is 0.126 e. The molecule has 0 spiro atoms. The zero-order valence-electron chi connectivity index (χ0n) is 11.1. The Labute approximate surface area is 117 Å². The molecule has 0 aliphatic rings. The quantitative estimate of drug-likeness (QED) is 0.888. The summed E-state index contributed by atoms with van der Waals surface area (Å²) in [4.78, 5) is 5.41. The molecule has 2 aromatic rings. The first-order valence-electron chi connectivity index (χ1n) is 6.00. The molecule has 19 heavy (non-hydrogen) atoms. The van der Waals surface area contributed by atoms with Crippen molar-refractivity contribution in [3.8, 4) is 0 Å². The second-order valence-corrected chi connectivity index (χ2v) is 5.27. The van der Waals surface area contributed by atoms with E-state index in [-0.39, 0.29) is 0 Å². The highest BCUT2D eigenvalue weighted by Crippen LogP contribution is 2.32. The number of rotatable bonds is 4. The van der Waals surface area contributed by atoms with Gasteiger partial charge >= 0.3 is 0 Å². The number of nitrogens with zero attached hydrogens (tertiary/aromatic N) is 1. The molecular formula is C15H17N3S. The molecule has 0 amide bonds. The van der Waals surface area contributed by atoms with Crippen molar-refractivity contribution in [1.82, 2.24) is 4.98 Å². The lowest BCUT2D eigenvalue weighted by atomic mass is 10.1. The highest BCUT2D eigenvalue weighted by molar-refractivity contribution is 8.11. The molecule has 3 N–H and O–H groups in total. The van der Waals surface area contributed by atoms with Crippen molar-refractivity contribution in [2.24, 2.45) is 5.73 Å². The first-order chi connectivity index (χ1) is 9.13. The van der Waals surface area contributed by atoms with Gasteiger partial charge in [-0.05, 0) is 30.0 Å². The Morgan fingerprint density at radius 2 is 2.16 bits per heavy atom. The Kier molecular flexibility index (Phi) is 4.12. The molecule has 0 atom stereocenters. The summed E-state index contributed by atoms with van der Waals surface area (Å²) in [7, 11) is 1.86. The summed E-state index contributed by atoms with van der Waals surface area (Å²) >= 11 is 1.48. The normalized spacial score (nSPS) is 11.6. The summed E-state index contributed by atoms with van der Waals surface area (Å²) in [6.45, 7) is 5.74. The number of anilines is 1. The van der Waals surface area contributed by atoms with Gasteiger partial charge in [0.1, 0.15) is 5.82 Å². The standard InChI is InChI=1S/C15H17N3S/c1-4-14(19-10(2)16)11-5-6-12-9-18-15(17-3)8-13(12)7-11/h4-9H,2,16H2,1,3H3,(H,17,18)/b14-4-. The van der Waals surface area contributed by atoms with Crippen molar-refractivity contribution < 1.29 is 0 Å². The van der Waals surface area contributed by atoms with Gasteiger partial charge in [-0.2, -0.15) is 0 Å². The largest absolute Gasteiger partial charge is 0.394 e. The minimum atomic E-state index is 0.596. The molecule has 1 aromatic carbocycles. The highest BCUT2D eigenvalue weighted by atomic mass is 32.2. The van der Waals surface area contributed by atoms with Crippen LogP contribution in [0.1, 0.15) is 12.5 Å². The van der Waals surface area contributed by atoms with Gasteiger partial charge in [0.2, 0.25) is 0 Å². The van der Waals surface area contributed by atoms with E-state index in [1.807, 2.05) is 32.3 Å². The lowest BCUT2D eigenvalue weighted by molar-refractivity contribution is 1.31. The summed E-state index contributed by atoms with van der Waals surface area (Å²) < 4.78 is 0. The Hall–Kier alpha value is -1.94. The van der Waals surface area contributed by atoms with Gasteiger partial charge in [-0.3, -0.25) is 0 Å². The van der Waals surface area contributed by atoms with E-state index in [1.165, 1.54) is 11.8 Å². The lowest BCUT2D eigenvalue weighted by Crippen LogP contribution is -1.92. The van der Waals surface area contributed by atoms with Crippen molar-refractivity contribution >= 4 is 33.3 Å². The molecule has 0 aliphatic heterocycles. The van der Waals surface area contributed by atoms with Gasteiger partial charge in [-0.25, -0.2) is 4.98 Å². The number of fused-ring (bicyclic) bond motifs is 1. The number of hydrogen-bond donors (Lipinski definition) is 2. The Morgan fingerprint density at radius 3 is 2.79 bits per heavy atom. The van der Waals surface area contributed by atoms with E-state index in [9.17, 15) is 0 Å². The van der Waals surface area contributed by atoms with Crippen LogP contribution in [0.4, 0.5) is 5.82 Å². The summed E-state index contributed by atoms with van der Waals surface area (Å²) in [5, 5.41) is 5.92.